The van der Waals surface area contributed by atoms with Crippen LogP contribution < -0.4 is 5.32 Å². The molecule has 0 bridgehead atoms. The van der Waals surface area contributed by atoms with Gasteiger partial charge in [0, 0.05) is 12.7 Å². The van der Waals surface area contributed by atoms with Crippen LogP contribution in [0.1, 0.15) is 110 Å². The third-order valence-electron chi connectivity index (χ3n) is 5.01. The number of allylic oxidation sites excluding steroid dienone is 2. The van der Waals surface area contributed by atoms with E-state index in [0.29, 0.717) is 5.75 Å². The summed E-state index contributed by atoms with van der Waals surface area (Å²) in [4.78, 5) is 22.0. The first kappa shape index (κ1) is 28.0. The van der Waals surface area contributed by atoms with Gasteiger partial charge in [-0.05, 0) is 37.9 Å². The molecule has 5 heteroatoms. The summed E-state index contributed by atoms with van der Waals surface area (Å²) in [6.45, 7) is 3.62. The predicted molar refractivity (Wildman–Crippen MR) is 127 cm³/mol. The van der Waals surface area contributed by atoms with Crippen molar-refractivity contribution in [2.45, 2.75) is 116 Å². The van der Waals surface area contributed by atoms with Gasteiger partial charge in [-0.1, -0.05) is 83.3 Å². The second-order valence-corrected chi connectivity index (χ2v) is 9.11. The Morgan fingerprint density at radius 2 is 1.31 bits per heavy atom. The number of hydrogen-bond acceptors (Lipinski definition) is 3. The fourth-order valence-corrected chi connectivity index (χ4v) is 4.29. The zero-order chi connectivity index (χ0) is 21.6. The van der Waals surface area contributed by atoms with Crippen LogP contribution in [0.3, 0.4) is 0 Å². The van der Waals surface area contributed by atoms with Crippen LogP contribution in [0.15, 0.2) is 12.2 Å². The maximum Gasteiger partial charge on any atom is 0.327 e. The molecule has 2 N–H and O–H groups in total. The first-order chi connectivity index (χ1) is 14.1. The van der Waals surface area contributed by atoms with E-state index in [1.54, 1.807) is 11.8 Å². The molecule has 1 amide bonds. The standard InChI is InChI=1S/C24H45NO3S/c1-3-4-5-6-7-8-9-10-11-12-13-14-15-16-17-18-19-20-29-21-23(24(27)28)25-22(2)26/h11-12,23H,3-10,13-21H2,1-2H3,(H,25,26)(H,27,28)/b12-11-. The fraction of sp³-hybridized carbons (Fsp3) is 0.833. The van der Waals surface area contributed by atoms with E-state index in [1.807, 2.05) is 0 Å². The Morgan fingerprint density at radius 1 is 0.828 bits per heavy atom. The molecule has 0 aromatic carbocycles. The summed E-state index contributed by atoms with van der Waals surface area (Å²) < 4.78 is 0. The molecule has 0 rings (SSSR count). The highest BCUT2D eigenvalue weighted by Crippen LogP contribution is 2.12. The Morgan fingerprint density at radius 3 is 1.79 bits per heavy atom. The number of hydrogen-bond donors (Lipinski definition) is 2. The molecule has 0 aromatic rings. The fourth-order valence-electron chi connectivity index (χ4n) is 3.25. The minimum Gasteiger partial charge on any atom is -0.480 e. The van der Waals surface area contributed by atoms with Crippen LogP contribution in [-0.4, -0.2) is 34.5 Å². The molecular formula is C24H45NO3S. The molecule has 0 spiro atoms. The normalized spacial score (nSPS) is 12.3. The minimum atomic E-state index is -0.954. The lowest BCUT2D eigenvalue weighted by atomic mass is 10.1. The number of aliphatic carboxylic acids is 1. The smallest absolute Gasteiger partial charge is 0.327 e. The van der Waals surface area contributed by atoms with Crippen LogP contribution in [0.4, 0.5) is 0 Å². The van der Waals surface area contributed by atoms with Gasteiger partial charge < -0.3 is 10.4 Å². The summed E-state index contributed by atoms with van der Waals surface area (Å²) in [5, 5.41) is 11.5. The van der Waals surface area contributed by atoms with E-state index >= 15 is 0 Å². The maximum absolute atomic E-state index is 11.0. The van der Waals surface area contributed by atoms with Gasteiger partial charge in [-0.3, -0.25) is 4.79 Å². The molecule has 29 heavy (non-hydrogen) atoms. The van der Waals surface area contributed by atoms with E-state index in [0.717, 1.165) is 12.2 Å². The number of carbonyl (C=O) groups is 2. The number of unbranched alkanes of at least 4 members (excludes halogenated alkanes) is 13. The number of amides is 1. The monoisotopic (exact) mass is 427 g/mol. The molecule has 0 aromatic heterocycles. The lowest BCUT2D eigenvalue weighted by Crippen LogP contribution is -2.41. The Hall–Kier alpha value is -0.970. The highest BCUT2D eigenvalue weighted by Gasteiger charge is 2.17. The van der Waals surface area contributed by atoms with Crippen LogP contribution in [0, 0.1) is 0 Å². The molecule has 1 atom stereocenters. The Balaban J connectivity index is 3.31. The SMILES string of the molecule is CCCCCCCCC/C=C\CCCCCCCCSCC(NC(C)=O)C(=O)O. The second kappa shape index (κ2) is 21.7. The minimum absolute atomic E-state index is 0.286. The predicted octanol–water partition coefficient (Wildman–Crippen LogP) is 6.74. The average Bonchev–Trinajstić information content (AvgIpc) is 2.68. The zero-order valence-corrected chi connectivity index (χ0v) is 19.7. The van der Waals surface area contributed by atoms with Crippen LogP contribution in [0.5, 0.6) is 0 Å². The molecule has 0 saturated heterocycles. The second-order valence-electron chi connectivity index (χ2n) is 7.96. The van der Waals surface area contributed by atoms with E-state index in [2.05, 4.69) is 24.4 Å². The molecule has 1 unspecified atom stereocenters. The summed E-state index contributed by atoms with van der Waals surface area (Å²) in [6.07, 6.45) is 24.4. The van der Waals surface area contributed by atoms with Gasteiger partial charge in [-0.2, -0.15) is 11.8 Å². The van der Waals surface area contributed by atoms with Crippen LogP contribution in [0.25, 0.3) is 0 Å². The van der Waals surface area contributed by atoms with Crippen molar-refractivity contribution in [2.24, 2.45) is 0 Å². The van der Waals surface area contributed by atoms with Crippen molar-refractivity contribution >= 4 is 23.6 Å². The van der Waals surface area contributed by atoms with Crippen molar-refractivity contribution in [2.75, 3.05) is 11.5 Å². The highest BCUT2D eigenvalue weighted by molar-refractivity contribution is 7.99. The van der Waals surface area contributed by atoms with E-state index < -0.39 is 12.0 Å². The van der Waals surface area contributed by atoms with Crippen LogP contribution in [0.2, 0.25) is 0 Å². The summed E-state index contributed by atoms with van der Waals surface area (Å²) in [7, 11) is 0. The summed E-state index contributed by atoms with van der Waals surface area (Å²) >= 11 is 1.61. The van der Waals surface area contributed by atoms with Crippen LogP contribution in [-0.2, 0) is 9.59 Å². The van der Waals surface area contributed by atoms with Gasteiger partial charge in [0.25, 0.3) is 0 Å². The lowest BCUT2D eigenvalue weighted by molar-refractivity contribution is -0.140. The van der Waals surface area contributed by atoms with Crippen molar-refractivity contribution in [3.63, 3.8) is 0 Å². The van der Waals surface area contributed by atoms with Crippen molar-refractivity contribution in [3.8, 4) is 0 Å². The van der Waals surface area contributed by atoms with Crippen LogP contribution >= 0.6 is 11.8 Å². The third-order valence-corrected chi connectivity index (χ3v) is 6.16. The molecule has 0 saturated carbocycles. The Labute approximate surface area is 183 Å². The summed E-state index contributed by atoms with van der Waals surface area (Å²) in [5.41, 5.74) is 0. The topological polar surface area (TPSA) is 66.4 Å². The summed E-state index contributed by atoms with van der Waals surface area (Å²) in [6, 6.07) is -0.767. The van der Waals surface area contributed by atoms with Gasteiger partial charge in [0.05, 0.1) is 0 Å². The van der Waals surface area contributed by atoms with E-state index in [9.17, 15) is 9.59 Å². The maximum atomic E-state index is 11.0. The molecule has 170 valence electrons. The van der Waals surface area contributed by atoms with E-state index in [-0.39, 0.29) is 5.91 Å². The largest absolute Gasteiger partial charge is 0.480 e. The van der Waals surface area contributed by atoms with Gasteiger partial charge >= 0.3 is 5.97 Å². The quantitative estimate of drug-likeness (QED) is 0.157. The van der Waals surface area contributed by atoms with Gasteiger partial charge in [0.15, 0.2) is 0 Å². The number of carbonyl (C=O) groups excluding carboxylic acids is 1. The van der Waals surface area contributed by atoms with Gasteiger partial charge in [-0.25, -0.2) is 4.79 Å². The number of rotatable bonds is 21. The van der Waals surface area contributed by atoms with Gasteiger partial charge in [0.1, 0.15) is 6.04 Å². The van der Waals surface area contributed by atoms with Gasteiger partial charge in [-0.15, -0.1) is 0 Å². The van der Waals surface area contributed by atoms with Gasteiger partial charge in [0.2, 0.25) is 5.91 Å². The first-order valence-electron chi connectivity index (χ1n) is 11.8. The van der Waals surface area contributed by atoms with E-state index in [1.165, 1.54) is 96.8 Å². The molecule has 0 fully saturated rings. The zero-order valence-electron chi connectivity index (χ0n) is 18.9. The lowest BCUT2D eigenvalue weighted by Gasteiger charge is -2.12. The van der Waals surface area contributed by atoms with Crippen molar-refractivity contribution < 1.29 is 14.7 Å². The molecule has 0 aliphatic heterocycles. The molecule has 0 aliphatic rings. The average molecular weight is 428 g/mol. The van der Waals surface area contributed by atoms with Crippen molar-refractivity contribution in [1.29, 1.82) is 0 Å². The number of nitrogens with one attached hydrogen (secondary N) is 1. The molecule has 0 radical (unpaired) electrons. The molecule has 4 nitrogen and oxygen atoms in total. The first-order valence-corrected chi connectivity index (χ1v) is 13.0. The number of carboxylic acids is 1. The Kier molecular flexibility index (Phi) is 21.0. The number of thioether (sulfide) groups is 1. The third kappa shape index (κ3) is 21.6. The molecule has 0 aliphatic carbocycles. The molecule has 0 heterocycles. The van der Waals surface area contributed by atoms with E-state index in [4.69, 9.17) is 5.11 Å². The van der Waals surface area contributed by atoms with Crippen molar-refractivity contribution in [3.05, 3.63) is 12.2 Å². The molecular weight excluding hydrogens is 382 g/mol. The summed E-state index contributed by atoms with van der Waals surface area (Å²) in [5.74, 6) is 0.167. The Bertz CT molecular complexity index is 426. The number of carboxylic acid groups (broad SMARTS) is 1. The highest BCUT2D eigenvalue weighted by atomic mass is 32.2. The van der Waals surface area contributed by atoms with Crippen molar-refractivity contribution in [1.82, 2.24) is 5.32 Å².